The minimum atomic E-state index is -0.193. The Hall–Kier alpha value is -1.56. The summed E-state index contributed by atoms with van der Waals surface area (Å²) in [5.41, 5.74) is 6.56. The molecule has 3 N–H and O–H groups in total. The lowest BCUT2D eigenvalue weighted by molar-refractivity contribution is 0.0897. The number of nitrogens with two attached hydrogens (primary N) is 1. The van der Waals surface area contributed by atoms with Crippen molar-refractivity contribution >= 4 is 11.6 Å². The average Bonchev–Trinajstić information content (AvgIpc) is 3.10. The lowest BCUT2D eigenvalue weighted by Gasteiger charge is -2.08. The molecule has 1 aliphatic carbocycles. The number of hydrogen-bond donors (Lipinski definition) is 2. The molecule has 0 aliphatic heterocycles. The summed E-state index contributed by atoms with van der Waals surface area (Å²) < 4.78 is 7.04. The first kappa shape index (κ1) is 12.9. The van der Waals surface area contributed by atoms with Crippen LogP contribution in [-0.4, -0.2) is 35.4 Å². The third kappa shape index (κ3) is 3.22. The second-order valence-corrected chi connectivity index (χ2v) is 4.54. The van der Waals surface area contributed by atoms with Crippen molar-refractivity contribution in [2.75, 3.05) is 25.5 Å². The Labute approximate surface area is 106 Å². The zero-order chi connectivity index (χ0) is 13.0. The molecular weight excluding hydrogens is 232 g/mol. The molecule has 1 saturated carbocycles. The highest BCUT2D eigenvalue weighted by Gasteiger charge is 2.21. The molecule has 0 bridgehead atoms. The van der Waals surface area contributed by atoms with Gasteiger partial charge in [-0.2, -0.15) is 5.10 Å². The Morgan fingerprint density at radius 2 is 2.44 bits per heavy atom. The van der Waals surface area contributed by atoms with E-state index in [9.17, 15) is 4.79 Å². The van der Waals surface area contributed by atoms with E-state index in [1.54, 1.807) is 4.68 Å². The van der Waals surface area contributed by atoms with Gasteiger partial charge in [0.15, 0.2) is 0 Å². The highest BCUT2D eigenvalue weighted by Crippen LogP contribution is 2.28. The zero-order valence-electron chi connectivity index (χ0n) is 10.7. The van der Waals surface area contributed by atoms with Crippen LogP contribution in [0.2, 0.25) is 0 Å². The van der Waals surface area contributed by atoms with Crippen molar-refractivity contribution in [1.29, 1.82) is 0 Å². The summed E-state index contributed by atoms with van der Waals surface area (Å²) in [6.45, 7) is 4.40. The van der Waals surface area contributed by atoms with E-state index >= 15 is 0 Å². The number of rotatable bonds is 7. The van der Waals surface area contributed by atoms with Crippen molar-refractivity contribution in [2.24, 2.45) is 5.92 Å². The van der Waals surface area contributed by atoms with Crippen molar-refractivity contribution < 1.29 is 9.53 Å². The number of nitrogens with one attached hydrogen (secondary N) is 1. The number of aryl methyl sites for hydroxylation is 1. The van der Waals surface area contributed by atoms with Crippen LogP contribution < -0.4 is 11.1 Å². The molecule has 0 radical (unpaired) electrons. The molecule has 100 valence electrons. The van der Waals surface area contributed by atoms with Crippen molar-refractivity contribution in [3.05, 3.63) is 11.9 Å². The number of hydrogen-bond acceptors (Lipinski definition) is 4. The number of carbonyl (C=O) groups is 1. The topological polar surface area (TPSA) is 82.2 Å². The van der Waals surface area contributed by atoms with Crippen molar-refractivity contribution in [2.45, 2.75) is 26.3 Å². The molecule has 0 aromatic carbocycles. The predicted molar refractivity (Wildman–Crippen MR) is 68.2 cm³/mol. The summed E-state index contributed by atoms with van der Waals surface area (Å²) in [5.74, 6) is 0.555. The van der Waals surface area contributed by atoms with Gasteiger partial charge in [-0.25, -0.2) is 0 Å². The van der Waals surface area contributed by atoms with E-state index in [1.165, 1.54) is 19.0 Å². The van der Waals surface area contributed by atoms with Crippen LogP contribution >= 0.6 is 0 Å². The van der Waals surface area contributed by atoms with Crippen LogP contribution in [0.1, 0.15) is 30.3 Å². The molecule has 0 atom stereocenters. The highest BCUT2D eigenvalue weighted by atomic mass is 16.5. The van der Waals surface area contributed by atoms with Gasteiger partial charge in [0.25, 0.3) is 5.91 Å². The standard InChI is InChI=1S/C12H20N4O2/c1-2-16-11(10(13)7-15-16)12(17)14-5-6-18-8-9-3-4-9/h7,9H,2-6,8,13H2,1H3,(H,14,17). The Kier molecular flexibility index (Phi) is 4.19. The van der Waals surface area contributed by atoms with E-state index < -0.39 is 0 Å². The maximum absolute atomic E-state index is 11.9. The van der Waals surface area contributed by atoms with Crippen LogP contribution in [0.15, 0.2) is 6.20 Å². The number of ether oxygens (including phenoxy) is 1. The molecule has 0 spiro atoms. The summed E-state index contributed by atoms with van der Waals surface area (Å²) >= 11 is 0. The summed E-state index contributed by atoms with van der Waals surface area (Å²) in [6, 6.07) is 0. The van der Waals surface area contributed by atoms with Gasteiger partial charge >= 0.3 is 0 Å². The molecule has 1 aromatic rings. The van der Waals surface area contributed by atoms with Gasteiger partial charge in [-0.15, -0.1) is 0 Å². The molecule has 6 nitrogen and oxygen atoms in total. The van der Waals surface area contributed by atoms with Crippen molar-refractivity contribution in [3.63, 3.8) is 0 Å². The minimum absolute atomic E-state index is 0.193. The molecule has 0 saturated heterocycles. The first-order chi connectivity index (χ1) is 8.72. The van der Waals surface area contributed by atoms with Crippen molar-refractivity contribution in [3.8, 4) is 0 Å². The summed E-state index contributed by atoms with van der Waals surface area (Å²) in [7, 11) is 0. The smallest absolute Gasteiger partial charge is 0.271 e. The van der Waals surface area contributed by atoms with E-state index in [0.29, 0.717) is 31.1 Å². The SMILES string of the molecule is CCn1ncc(N)c1C(=O)NCCOCC1CC1. The molecule has 18 heavy (non-hydrogen) atoms. The zero-order valence-corrected chi connectivity index (χ0v) is 10.7. The first-order valence-corrected chi connectivity index (χ1v) is 6.39. The third-order valence-corrected chi connectivity index (χ3v) is 2.96. The molecule has 1 heterocycles. The van der Waals surface area contributed by atoms with Gasteiger partial charge in [-0.3, -0.25) is 9.48 Å². The number of anilines is 1. The van der Waals surface area contributed by atoms with Gasteiger partial charge < -0.3 is 15.8 Å². The number of nitrogen functional groups attached to an aromatic ring is 1. The average molecular weight is 252 g/mol. The van der Waals surface area contributed by atoms with Crippen LogP contribution in [0.4, 0.5) is 5.69 Å². The predicted octanol–water partition coefficient (Wildman–Crippen LogP) is 0.642. The van der Waals surface area contributed by atoms with E-state index in [1.807, 2.05) is 6.92 Å². The second-order valence-electron chi connectivity index (χ2n) is 4.54. The molecule has 2 rings (SSSR count). The van der Waals surface area contributed by atoms with Gasteiger partial charge in [0.1, 0.15) is 5.69 Å². The maximum Gasteiger partial charge on any atom is 0.271 e. The van der Waals surface area contributed by atoms with Crippen LogP contribution in [0, 0.1) is 5.92 Å². The van der Waals surface area contributed by atoms with Gasteiger partial charge in [-0.05, 0) is 25.7 Å². The van der Waals surface area contributed by atoms with Crippen LogP contribution in [0.3, 0.4) is 0 Å². The van der Waals surface area contributed by atoms with Gasteiger partial charge in [0, 0.05) is 19.7 Å². The number of carbonyl (C=O) groups excluding carboxylic acids is 1. The van der Waals surface area contributed by atoms with E-state index in [4.69, 9.17) is 10.5 Å². The van der Waals surface area contributed by atoms with E-state index in [0.717, 1.165) is 12.5 Å². The molecule has 1 fully saturated rings. The molecule has 1 amide bonds. The minimum Gasteiger partial charge on any atom is -0.396 e. The summed E-state index contributed by atoms with van der Waals surface area (Å²) in [4.78, 5) is 11.9. The fourth-order valence-electron chi connectivity index (χ4n) is 1.74. The van der Waals surface area contributed by atoms with Gasteiger partial charge in [-0.1, -0.05) is 0 Å². The lowest BCUT2D eigenvalue weighted by Crippen LogP contribution is -2.30. The lowest BCUT2D eigenvalue weighted by atomic mass is 10.3. The largest absolute Gasteiger partial charge is 0.396 e. The fourth-order valence-corrected chi connectivity index (χ4v) is 1.74. The van der Waals surface area contributed by atoms with Gasteiger partial charge in [0.2, 0.25) is 0 Å². The van der Waals surface area contributed by atoms with Gasteiger partial charge in [0.05, 0.1) is 18.5 Å². The highest BCUT2D eigenvalue weighted by molar-refractivity contribution is 5.97. The van der Waals surface area contributed by atoms with E-state index in [2.05, 4.69) is 10.4 Å². The van der Waals surface area contributed by atoms with Crippen molar-refractivity contribution in [1.82, 2.24) is 15.1 Å². The molecule has 1 aliphatic rings. The Bertz CT molecular complexity index is 412. The normalized spacial score (nSPS) is 14.7. The molecular formula is C12H20N4O2. The molecule has 1 aromatic heterocycles. The maximum atomic E-state index is 11.9. The number of amides is 1. The van der Waals surface area contributed by atoms with Crippen LogP contribution in [0.25, 0.3) is 0 Å². The Morgan fingerprint density at radius 1 is 1.67 bits per heavy atom. The molecule has 6 heteroatoms. The van der Waals surface area contributed by atoms with Crippen LogP contribution in [-0.2, 0) is 11.3 Å². The van der Waals surface area contributed by atoms with Crippen LogP contribution in [0.5, 0.6) is 0 Å². The third-order valence-electron chi connectivity index (χ3n) is 2.96. The second kappa shape index (κ2) is 5.86. The summed E-state index contributed by atoms with van der Waals surface area (Å²) in [6.07, 6.45) is 4.05. The number of aromatic nitrogens is 2. The van der Waals surface area contributed by atoms with E-state index in [-0.39, 0.29) is 5.91 Å². The fraction of sp³-hybridized carbons (Fsp3) is 0.667. The quantitative estimate of drug-likeness (QED) is 0.698. The monoisotopic (exact) mass is 252 g/mol. The summed E-state index contributed by atoms with van der Waals surface area (Å²) in [5, 5.41) is 6.82. The number of nitrogens with zero attached hydrogens (tertiary/aromatic N) is 2. The Balaban J connectivity index is 1.74. The molecule has 0 unspecified atom stereocenters. The Morgan fingerprint density at radius 3 is 3.11 bits per heavy atom. The first-order valence-electron chi connectivity index (χ1n) is 6.39.